The third-order valence-electron chi connectivity index (χ3n) is 5.79. The van der Waals surface area contributed by atoms with Gasteiger partial charge in [-0.15, -0.1) is 0 Å². The van der Waals surface area contributed by atoms with Gasteiger partial charge in [0.15, 0.2) is 5.82 Å². The van der Waals surface area contributed by atoms with Crippen LogP contribution >= 0.6 is 0 Å². The molecule has 0 saturated heterocycles. The molecule has 3 N–H and O–H groups in total. The topological polar surface area (TPSA) is 88.4 Å². The Morgan fingerprint density at radius 2 is 2.03 bits per heavy atom. The van der Waals surface area contributed by atoms with Gasteiger partial charge in [-0.3, -0.25) is 9.36 Å². The largest absolute Gasteiger partial charge is 0.425 e. The molecule has 1 fully saturated rings. The molecular weight excluding hydrogens is 368 g/mol. The third-order valence-corrected chi connectivity index (χ3v) is 5.79. The Labute approximate surface area is 171 Å². The highest BCUT2D eigenvalue weighted by Gasteiger charge is 2.33. The molecule has 156 valence electrons. The molecular formula is C22H30N4O3. The number of rotatable bonds is 6. The van der Waals surface area contributed by atoms with Crippen LogP contribution in [-0.4, -0.2) is 20.8 Å². The first kappa shape index (κ1) is 19.8. The average molecular weight is 399 g/mol. The summed E-state index contributed by atoms with van der Waals surface area (Å²) in [6, 6.07) is 7.53. The van der Waals surface area contributed by atoms with Crippen LogP contribution in [0.1, 0.15) is 58.4 Å². The van der Waals surface area contributed by atoms with Crippen molar-refractivity contribution < 1.29 is 9.84 Å². The van der Waals surface area contributed by atoms with Crippen LogP contribution in [-0.2, 0) is 12.1 Å². The minimum atomic E-state index is -0.978. The fraction of sp³-hybridized carbons (Fsp3) is 0.545. The van der Waals surface area contributed by atoms with Crippen molar-refractivity contribution >= 4 is 11.5 Å². The molecule has 2 heterocycles. The van der Waals surface area contributed by atoms with Crippen molar-refractivity contribution in [2.75, 3.05) is 10.6 Å². The van der Waals surface area contributed by atoms with Crippen LogP contribution < -0.4 is 20.9 Å². The highest BCUT2D eigenvalue weighted by molar-refractivity contribution is 5.70. The Morgan fingerprint density at radius 1 is 1.28 bits per heavy atom. The van der Waals surface area contributed by atoms with Crippen molar-refractivity contribution in [1.29, 1.82) is 0 Å². The van der Waals surface area contributed by atoms with Crippen molar-refractivity contribution in [2.24, 2.45) is 5.92 Å². The zero-order valence-electron chi connectivity index (χ0n) is 17.4. The summed E-state index contributed by atoms with van der Waals surface area (Å²) in [5.74, 6) is 1.61. The first-order valence-electron chi connectivity index (χ1n) is 10.6. The Kier molecular flexibility index (Phi) is 5.25. The molecule has 0 amide bonds. The number of anilines is 2. The summed E-state index contributed by atoms with van der Waals surface area (Å²) in [5, 5.41) is 17.0. The van der Waals surface area contributed by atoms with E-state index in [1.54, 1.807) is 30.5 Å². The standard InChI is InChI=1S/C22H30N4O3/c1-4-12-26-20(27)17-19(24-18(23-17)14-8-5-6-9-14)25-21(26)29-16-11-7-10-15(13-16)22(2,3)28/h7,10-11,13-14,18,23-24,28H,4-6,8-9,12H2,1-3H3. The van der Waals surface area contributed by atoms with E-state index < -0.39 is 5.60 Å². The van der Waals surface area contributed by atoms with Crippen molar-refractivity contribution in [1.82, 2.24) is 9.55 Å². The molecule has 4 rings (SSSR count). The molecule has 1 aliphatic carbocycles. The van der Waals surface area contributed by atoms with Crippen LogP contribution in [0.2, 0.25) is 0 Å². The van der Waals surface area contributed by atoms with E-state index in [2.05, 4.69) is 15.6 Å². The van der Waals surface area contributed by atoms with E-state index in [1.165, 1.54) is 12.8 Å². The van der Waals surface area contributed by atoms with E-state index in [-0.39, 0.29) is 17.7 Å². The first-order chi connectivity index (χ1) is 13.9. The molecule has 1 saturated carbocycles. The lowest BCUT2D eigenvalue weighted by Crippen LogP contribution is -2.31. The first-order valence-corrected chi connectivity index (χ1v) is 10.6. The number of hydrogen-bond donors (Lipinski definition) is 3. The predicted octanol–water partition coefficient (Wildman–Crippen LogP) is 4.03. The van der Waals surface area contributed by atoms with E-state index in [9.17, 15) is 9.90 Å². The minimum absolute atomic E-state index is 0.0524. The molecule has 2 aromatic rings. The second-order valence-electron chi connectivity index (χ2n) is 8.57. The number of nitrogens with one attached hydrogen (secondary N) is 2. The van der Waals surface area contributed by atoms with Gasteiger partial charge in [0.25, 0.3) is 5.56 Å². The number of ether oxygens (including phenoxy) is 1. The number of hydrogen-bond acceptors (Lipinski definition) is 6. The van der Waals surface area contributed by atoms with E-state index in [0.717, 1.165) is 24.8 Å². The third kappa shape index (κ3) is 3.96. The fourth-order valence-electron chi connectivity index (χ4n) is 4.18. The number of nitrogens with zero attached hydrogens (tertiary/aromatic N) is 2. The van der Waals surface area contributed by atoms with Crippen LogP contribution in [0.15, 0.2) is 29.1 Å². The van der Waals surface area contributed by atoms with Gasteiger partial charge in [0, 0.05) is 6.54 Å². The monoisotopic (exact) mass is 398 g/mol. The minimum Gasteiger partial charge on any atom is -0.425 e. The molecule has 1 unspecified atom stereocenters. The summed E-state index contributed by atoms with van der Waals surface area (Å²) in [4.78, 5) is 17.8. The molecule has 7 heteroatoms. The summed E-state index contributed by atoms with van der Waals surface area (Å²) < 4.78 is 7.62. The van der Waals surface area contributed by atoms with E-state index in [0.29, 0.717) is 29.7 Å². The Bertz CT molecular complexity index is 942. The highest BCUT2D eigenvalue weighted by atomic mass is 16.5. The van der Waals surface area contributed by atoms with Crippen LogP contribution in [0.4, 0.5) is 11.5 Å². The molecule has 1 aromatic heterocycles. The summed E-state index contributed by atoms with van der Waals surface area (Å²) >= 11 is 0. The molecule has 1 aromatic carbocycles. The van der Waals surface area contributed by atoms with Gasteiger partial charge in [0.2, 0.25) is 0 Å². The number of aliphatic hydroxyl groups is 1. The molecule has 2 aliphatic rings. The van der Waals surface area contributed by atoms with Gasteiger partial charge in [0.05, 0.1) is 5.60 Å². The molecule has 7 nitrogen and oxygen atoms in total. The van der Waals surface area contributed by atoms with Gasteiger partial charge < -0.3 is 20.5 Å². The van der Waals surface area contributed by atoms with Crippen molar-refractivity contribution in [3.63, 3.8) is 0 Å². The van der Waals surface area contributed by atoms with Crippen molar-refractivity contribution in [3.8, 4) is 11.8 Å². The molecule has 0 bridgehead atoms. The van der Waals surface area contributed by atoms with E-state index >= 15 is 0 Å². The lowest BCUT2D eigenvalue weighted by molar-refractivity contribution is 0.0783. The number of aromatic nitrogens is 2. The van der Waals surface area contributed by atoms with Gasteiger partial charge in [-0.2, -0.15) is 4.98 Å². The highest BCUT2D eigenvalue weighted by Crippen LogP contribution is 2.36. The summed E-state index contributed by atoms with van der Waals surface area (Å²) in [6.45, 7) is 6.00. The van der Waals surface area contributed by atoms with Crippen molar-refractivity contribution in [2.45, 2.75) is 71.2 Å². The second kappa shape index (κ2) is 7.71. The van der Waals surface area contributed by atoms with E-state index in [1.807, 2.05) is 19.1 Å². The number of fused-ring (bicyclic) bond motifs is 1. The van der Waals surface area contributed by atoms with Gasteiger partial charge >= 0.3 is 6.01 Å². The lowest BCUT2D eigenvalue weighted by atomic mass is 9.98. The quantitative estimate of drug-likeness (QED) is 0.681. The summed E-state index contributed by atoms with van der Waals surface area (Å²) in [6.07, 6.45) is 5.64. The normalized spacial score (nSPS) is 19.0. The predicted molar refractivity (Wildman–Crippen MR) is 114 cm³/mol. The maximum Gasteiger partial charge on any atom is 0.306 e. The SMILES string of the molecule is CCCn1c(Oc2cccc(C(C)(C)O)c2)nc2c(c1=O)NC(C1CCCC1)N2. The zero-order valence-corrected chi connectivity index (χ0v) is 17.4. The Hall–Kier alpha value is -2.54. The molecule has 1 atom stereocenters. The number of benzene rings is 1. The van der Waals surface area contributed by atoms with E-state index in [4.69, 9.17) is 4.74 Å². The molecule has 0 radical (unpaired) electrons. The Morgan fingerprint density at radius 3 is 2.72 bits per heavy atom. The van der Waals surface area contributed by atoms with Gasteiger partial charge in [-0.1, -0.05) is 31.9 Å². The lowest BCUT2D eigenvalue weighted by Gasteiger charge is -2.19. The van der Waals surface area contributed by atoms with Crippen molar-refractivity contribution in [3.05, 3.63) is 40.2 Å². The molecule has 29 heavy (non-hydrogen) atoms. The smallest absolute Gasteiger partial charge is 0.306 e. The second-order valence-corrected chi connectivity index (χ2v) is 8.57. The van der Waals surface area contributed by atoms with Crippen LogP contribution in [0.25, 0.3) is 0 Å². The Balaban J connectivity index is 1.67. The van der Waals surface area contributed by atoms with Crippen LogP contribution in [0.3, 0.4) is 0 Å². The molecule has 1 aliphatic heterocycles. The fourth-order valence-corrected chi connectivity index (χ4v) is 4.18. The van der Waals surface area contributed by atoms with Gasteiger partial charge in [-0.05, 0) is 56.7 Å². The summed E-state index contributed by atoms with van der Waals surface area (Å²) in [5.41, 5.74) is 0.182. The zero-order chi connectivity index (χ0) is 20.6. The van der Waals surface area contributed by atoms with Gasteiger partial charge in [0.1, 0.15) is 17.6 Å². The van der Waals surface area contributed by atoms with Crippen LogP contribution in [0.5, 0.6) is 11.8 Å². The maximum atomic E-state index is 13.1. The van der Waals surface area contributed by atoms with Crippen LogP contribution in [0, 0.1) is 5.92 Å². The molecule has 0 spiro atoms. The summed E-state index contributed by atoms with van der Waals surface area (Å²) in [7, 11) is 0. The average Bonchev–Trinajstić information content (AvgIpc) is 3.34. The maximum absolute atomic E-state index is 13.1. The van der Waals surface area contributed by atoms with Gasteiger partial charge in [-0.25, -0.2) is 0 Å².